The number of pyridine rings is 1. The number of nitrogens with zero attached hydrogens (tertiary/aromatic N) is 4. The number of aromatic nitrogens is 3. The Morgan fingerprint density at radius 2 is 1.83 bits per heavy atom. The number of alkyl halides is 3. The Morgan fingerprint density at radius 3 is 2.54 bits per heavy atom. The fraction of sp³-hybridized carbons (Fsp3) is 0.280. The van der Waals surface area contributed by atoms with Crippen LogP contribution in [0.2, 0.25) is 5.02 Å². The molecule has 0 atom stereocenters. The van der Waals surface area contributed by atoms with Gasteiger partial charge in [-0.1, -0.05) is 23.7 Å². The smallest absolute Gasteiger partial charge is 0.405 e. The molecule has 1 fully saturated rings. The average Bonchev–Trinajstić information content (AvgIpc) is 3.15. The Hall–Kier alpha value is -3.30. The summed E-state index contributed by atoms with van der Waals surface area (Å²) in [6.07, 6.45) is -2.97. The van der Waals surface area contributed by atoms with E-state index in [-0.39, 0.29) is 22.9 Å². The first-order valence-electron chi connectivity index (χ1n) is 11.2. The van der Waals surface area contributed by atoms with Crippen LogP contribution in [-0.2, 0) is 6.54 Å². The minimum atomic E-state index is -4.82. The van der Waals surface area contributed by atoms with E-state index in [4.69, 9.17) is 11.6 Å². The Labute approximate surface area is 205 Å². The van der Waals surface area contributed by atoms with Gasteiger partial charge < -0.3 is 19.5 Å². The predicted octanol–water partition coefficient (Wildman–Crippen LogP) is 5.42. The molecule has 6 nitrogen and oxygen atoms in total. The van der Waals surface area contributed by atoms with E-state index in [0.29, 0.717) is 5.82 Å². The molecule has 35 heavy (non-hydrogen) atoms. The van der Waals surface area contributed by atoms with Gasteiger partial charge in [-0.2, -0.15) is 0 Å². The van der Waals surface area contributed by atoms with Crippen LogP contribution < -0.4 is 15.0 Å². The SMILES string of the molecule is Cc1nc2ccc(-c3ccc(N4CCNCC4)nc3)cc2n1Cc1c(Cl)cccc1OC(F)(F)F. The number of fused-ring (bicyclic) bond motifs is 1. The van der Waals surface area contributed by atoms with Gasteiger partial charge in [0.2, 0.25) is 0 Å². The molecular weight excluding hydrogens is 479 g/mol. The molecule has 1 saturated heterocycles. The van der Waals surface area contributed by atoms with Gasteiger partial charge in [-0.15, -0.1) is 13.2 Å². The van der Waals surface area contributed by atoms with E-state index in [9.17, 15) is 13.2 Å². The van der Waals surface area contributed by atoms with Crippen LogP contribution in [0.25, 0.3) is 22.2 Å². The molecule has 0 saturated carbocycles. The van der Waals surface area contributed by atoms with Gasteiger partial charge in [0.15, 0.2) is 0 Å². The normalized spacial score (nSPS) is 14.5. The molecule has 3 heterocycles. The average molecular weight is 502 g/mol. The van der Waals surface area contributed by atoms with Crippen molar-refractivity contribution in [2.45, 2.75) is 19.8 Å². The van der Waals surface area contributed by atoms with Crippen molar-refractivity contribution in [1.82, 2.24) is 19.9 Å². The zero-order chi connectivity index (χ0) is 24.6. The fourth-order valence-corrected chi connectivity index (χ4v) is 4.56. The van der Waals surface area contributed by atoms with Crippen molar-refractivity contribution in [2.24, 2.45) is 0 Å². The molecule has 2 aromatic heterocycles. The highest BCUT2D eigenvalue weighted by molar-refractivity contribution is 6.31. The second-order valence-corrected chi connectivity index (χ2v) is 8.76. The van der Waals surface area contributed by atoms with E-state index in [0.717, 1.165) is 54.2 Å². The van der Waals surface area contributed by atoms with E-state index < -0.39 is 6.36 Å². The third-order valence-electron chi connectivity index (χ3n) is 6.08. The molecule has 0 spiro atoms. The van der Waals surface area contributed by atoms with Crippen molar-refractivity contribution < 1.29 is 17.9 Å². The highest BCUT2D eigenvalue weighted by atomic mass is 35.5. The Morgan fingerprint density at radius 1 is 1.06 bits per heavy atom. The summed E-state index contributed by atoms with van der Waals surface area (Å²) in [6.45, 7) is 5.59. The summed E-state index contributed by atoms with van der Waals surface area (Å²) in [5, 5.41) is 3.52. The van der Waals surface area contributed by atoms with E-state index in [1.165, 1.54) is 12.1 Å². The number of nitrogens with one attached hydrogen (secondary N) is 1. The summed E-state index contributed by atoms with van der Waals surface area (Å²) < 4.78 is 44.9. The summed E-state index contributed by atoms with van der Waals surface area (Å²) in [5.74, 6) is 1.27. The number of hydrogen-bond acceptors (Lipinski definition) is 5. The lowest BCUT2D eigenvalue weighted by Crippen LogP contribution is -2.43. The second-order valence-electron chi connectivity index (χ2n) is 8.36. The molecule has 0 radical (unpaired) electrons. The van der Waals surface area contributed by atoms with Gasteiger partial charge >= 0.3 is 6.36 Å². The number of anilines is 1. The van der Waals surface area contributed by atoms with Crippen LogP contribution in [0.5, 0.6) is 5.75 Å². The maximum Gasteiger partial charge on any atom is 0.573 e. The van der Waals surface area contributed by atoms with Crippen molar-refractivity contribution in [2.75, 3.05) is 31.1 Å². The number of halogens is 4. The van der Waals surface area contributed by atoms with Gasteiger partial charge in [-0.25, -0.2) is 9.97 Å². The monoisotopic (exact) mass is 501 g/mol. The number of imidazole rings is 1. The van der Waals surface area contributed by atoms with Gasteiger partial charge in [0, 0.05) is 48.5 Å². The van der Waals surface area contributed by atoms with Crippen LogP contribution in [-0.4, -0.2) is 47.1 Å². The summed E-state index contributed by atoms with van der Waals surface area (Å²) in [7, 11) is 0. The van der Waals surface area contributed by atoms with Crippen molar-refractivity contribution >= 4 is 28.5 Å². The molecule has 5 rings (SSSR count). The van der Waals surface area contributed by atoms with Crippen LogP contribution in [0.3, 0.4) is 0 Å². The molecule has 0 bridgehead atoms. The number of piperazine rings is 1. The molecule has 4 aromatic rings. The Kier molecular flexibility index (Phi) is 6.29. The zero-order valence-electron chi connectivity index (χ0n) is 18.9. The van der Waals surface area contributed by atoms with Gasteiger partial charge in [-0.05, 0) is 48.9 Å². The predicted molar refractivity (Wildman–Crippen MR) is 130 cm³/mol. The molecule has 2 aromatic carbocycles. The lowest BCUT2D eigenvalue weighted by Gasteiger charge is -2.28. The Balaban J connectivity index is 1.48. The topological polar surface area (TPSA) is 55.2 Å². The van der Waals surface area contributed by atoms with Crippen molar-refractivity contribution in [3.05, 3.63) is 71.1 Å². The summed E-state index contributed by atoms with van der Waals surface area (Å²) in [6, 6.07) is 14.1. The minimum absolute atomic E-state index is 0.0804. The van der Waals surface area contributed by atoms with Crippen LogP contribution in [0.1, 0.15) is 11.4 Å². The number of rotatable bonds is 5. The zero-order valence-corrected chi connectivity index (χ0v) is 19.7. The summed E-state index contributed by atoms with van der Waals surface area (Å²) in [5.41, 5.74) is 3.63. The highest BCUT2D eigenvalue weighted by Gasteiger charge is 2.32. The molecule has 0 aliphatic carbocycles. The van der Waals surface area contributed by atoms with Crippen molar-refractivity contribution in [1.29, 1.82) is 0 Å². The van der Waals surface area contributed by atoms with E-state index >= 15 is 0 Å². The summed E-state index contributed by atoms with van der Waals surface area (Å²) in [4.78, 5) is 11.5. The van der Waals surface area contributed by atoms with E-state index in [2.05, 4.69) is 24.9 Å². The largest absolute Gasteiger partial charge is 0.573 e. The number of aryl methyl sites for hydroxylation is 1. The van der Waals surface area contributed by atoms with Crippen LogP contribution >= 0.6 is 11.6 Å². The quantitative estimate of drug-likeness (QED) is 0.396. The highest BCUT2D eigenvalue weighted by Crippen LogP contribution is 2.33. The molecule has 0 unspecified atom stereocenters. The lowest BCUT2D eigenvalue weighted by molar-refractivity contribution is -0.274. The van der Waals surface area contributed by atoms with Gasteiger partial charge in [-0.3, -0.25) is 0 Å². The number of hydrogen-bond donors (Lipinski definition) is 1. The molecular formula is C25H23ClF3N5O. The maximum absolute atomic E-state index is 13.0. The van der Waals surface area contributed by atoms with E-state index in [1.807, 2.05) is 48.0 Å². The van der Waals surface area contributed by atoms with Gasteiger partial charge in [0.1, 0.15) is 17.4 Å². The third kappa shape index (κ3) is 5.06. The van der Waals surface area contributed by atoms with Crippen LogP contribution in [0, 0.1) is 6.92 Å². The first kappa shape index (κ1) is 23.4. The molecule has 0 amide bonds. The lowest BCUT2D eigenvalue weighted by atomic mass is 10.1. The van der Waals surface area contributed by atoms with Crippen molar-refractivity contribution in [3.8, 4) is 16.9 Å². The standard InChI is InChI=1S/C25H23ClF3N5O/c1-16-32-21-7-5-17(18-6-8-24(31-14-18)33-11-9-30-10-12-33)13-22(21)34(16)15-19-20(26)3-2-4-23(19)35-25(27,28)29/h2-8,13-14,30H,9-12,15H2,1H3. The van der Waals surface area contributed by atoms with Gasteiger partial charge in [0.25, 0.3) is 0 Å². The van der Waals surface area contributed by atoms with Crippen LogP contribution in [0.4, 0.5) is 19.0 Å². The summed E-state index contributed by atoms with van der Waals surface area (Å²) >= 11 is 6.29. The molecule has 1 aliphatic heterocycles. The van der Waals surface area contributed by atoms with E-state index in [1.54, 1.807) is 6.07 Å². The fourth-order valence-electron chi connectivity index (χ4n) is 4.33. The first-order chi connectivity index (χ1) is 16.8. The minimum Gasteiger partial charge on any atom is -0.405 e. The maximum atomic E-state index is 13.0. The molecule has 10 heteroatoms. The first-order valence-corrected chi connectivity index (χ1v) is 11.6. The molecule has 1 N–H and O–H groups in total. The molecule has 182 valence electrons. The Bertz CT molecular complexity index is 1350. The number of benzene rings is 2. The van der Waals surface area contributed by atoms with Crippen molar-refractivity contribution in [3.63, 3.8) is 0 Å². The number of ether oxygens (including phenoxy) is 1. The molecule has 1 aliphatic rings. The second kappa shape index (κ2) is 9.39. The van der Waals surface area contributed by atoms with Gasteiger partial charge in [0.05, 0.1) is 17.6 Å². The van der Waals surface area contributed by atoms with Crippen LogP contribution in [0.15, 0.2) is 54.7 Å². The third-order valence-corrected chi connectivity index (χ3v) is 6.43.